The zero-order valence-corrected chi connectivity index (χ0v) is 9.61. The molecule has 1 rings (SSSR count). The van der Waals surface area contributed by atoms with Crippen LogP contribution in [0, 0.1) is 11.3 Å². The van der Waals surface area contributed by atoms with E-state index in [-0.39, 0.29) is 0 Å². The first-order valence-electron chi connectivity index (χ1n) is 3.60. The van der Waals surface area contributed by atoms with Crippen LogP contribution in [0.15, 0.2) is 11.1 Å². The molecule has 0 radical (unpaired) electrons. The number of hydrogen-bond donors (Lipinski definition) is 0. The van der Waals surface area contributed by atoms with E-state index in [1.807, 2.05) is 0 Å². The van der Waals surface area contributed by atoms with Gasteiger partial charge >= 0.3 is 0 Å². The maximum Gasteiger partial charge on any atom is 0.278 e. The molecule has 0 fully saturated rings. The van der Waals surface area contributed by atoms with Gasteiger partial charge in [-0.3, -0.25) is 0 Å². The highest BCUT2D eigenvalue weighted by molar-refractivity contribution is 8.13. The number of nitriles is 1. The summed E-state index contributed by atoms with van der Waals surface area (Å²) in [6.45, 7) is 0. The fraction of sp³-hybridized carbons (Fsp3) is 0.143. The van der Waals surface area contributed by atoms with Crippen molar-refractivity contribution in [1.82, 2.24) is 4.98 Å². The predicted octanol–water partition coefficient (Wildman–Crippen LogP) is 2.47. The van der Waals surface area contributed by atoms with Gasteiger partial charge in [-0.1, -0.05) is 11.6 Å². The normalized spacial score (nSPS) is 11.5. The monoisotopic (exact) mass is 286 g/mol. The summed E-state index contributed by atoms with van der Waals surface area (Å²) in [5.74, 6) is 0. The van der Waals surface area contributed by atoms with Gasteiger partial charge < -0.3 is 0 Å². The summed E-state index contributed by atoms with van der Waals surface area (Å²) in [6.07, 6.45) is -3.03. The Balaban J connectivity index is 3.61. The van der Waals surface area contributed by atoms with E-state index >= 15 is 0 Å². The van der Waals surface area contributed by atoms with E-state index in [9.17, 15) is 17.2 Å². The molecule has 86 valence electrons. The summed E-state index contributed by atoms with van der Waals surface area (Å²) in [7, 11) is 0.639. The van der Waals surface area contributed by atoms with Gasteiger partial charge in [0.05, 0.1) is 5.02 Å². The highest BCUT2D eigenvalue weighted by Gasteiger charge is 2.22. The van der Waals surface area contributed by atoms with Gasteiger partial charge in [-0.2, -0.15) is 5.26 Å². The average molecular weight is 287 g/mol. The second-order valence-electron chi connectivity index (χ2n) is 2.56. The van der Waals surface area contributed by atoms with Crippen molar-refractivity contribution in [1.29, 1.82) is 5.26 Å². The standard InChI is InChI=1S/C7H2Cl2F2N2O2S/c8-6-3(7(10)11)1-5(16(9,14)15)13-4(6)2-12/h1,7H. The van der Waals surface area contributed by atoms with Gasteiger partial charge in [0.25, 0.3) is 15.5 Å². The lowest BCUT2D eigenvalue weighted by Gasteiger charge is -2.05. The Hall–Kier alpha value is -0.970. The van der Waals surface area contributed by atoms with Crippen molar-refractivity contribution < 1.29 is 17.2 Å². The first kappa shape index (κ1) is 13.1. The average Bonchev–Trinajstić information content (AvgIpc) is 2.15. The van der Waals surface area contributed by atoms with Crippen molar-refractivity contribution >= 4 is 31.3 Å². The maximum absolute atomic E-state index is 12.5. The summed E-state index contributed by atoms with van der Waals surface area (Å²) in [6, 6.07) is 1.94. The Morgan fingerprint density at radius 2 is 2.06 bits per heavy atom. The highest BCUT2D eigenvalue weighted by Crippen LogP contribution is 2.31. The van der Waals surface area contributed by atoms with Crippen LogP contribution in [0.1, 0.15) is 17.7 Å². The third-order valence-electron chi connectivity index (χ3n) is 1.55. The molecule has 0 aromatic carbocycles. The van der Waals surface area contributed by atoms with Gasteiger partial charge in [0.2, 0.25) is 0 Å². The Morgan fingerprint density at radius 3 is 2.44 bits per heavy atom. The molecule has 16 heavy (non-hydrogen) atoms. The van der Waals surface area contributed by atoms with E-state index in [1.54, 1.807) is 0 Å². The van der Waals surface area contributed by atoms with E-state index < -0.39 is 36.8 Å². The van der Waals surface area contributed by atoms with Gasteiger partial charge in [-0.15, -0.1) is 0 Å². The lowest BCUT2D eigenvalue weighted by Crippen LogP contribution is -2.01. The number of nitrogens with zero attached hydrogens (tertiary/aromatic N) is 2. The molecule has 0 bridgehead atoms. The summed E-state index contributed by atoms with van der Waals surface area (Å²) in [5, 5.41) is 7.12. The largest absolute Gasteiger partial charge is 0.278 e. The first-order valence-corrected chi connectivity index (χ1v) is 6.29. The lowest BCUT2D eigenvalue weighted by molar-refractivity contribution is 0.151. The molecule has 0 N–H and O–H groups in total. The number of alkyl halides is 2. The fourth-order valence-corrected chi connectivity index (χ4v) is 1.81. The van der Waals surface area contributed by atoms with E-state index in [2.05, 4.69) is 4.98 Å². The lowest BCUT2D eigenvalue weighted by atomic mass is 10.2. The van der Waals surface area contributed by atoms with Gasteiger partial charge in [-0.05, 0) is 6.07 Å². The molecular weight excluding hydrogens is 285 g/mol. The minimum absolute atomic E-state index is 0.538. The van der Waals surface area contributed by atoms with Crippen molar-refractivity contribution in [2.45, 2.75) is 11.5 Å². The van der Waals surface area contributed by atoms with Crippen LogP contribution in [0.5, 0.6) is 0 Å². The van der Waals surface area contributed by atoms with E-state index in [0.29, 0.717) is 6.07 Å². The Bertz CT molecular complexity index is 568. The van der Waals surface area contributed by atoms with Crippen molar-refractivity contribution in [2.75, 3.05) is 0 Å². The molecule has 0 spiro atoms. The van der Waals surface area contributed by atoms with Gasteiger partial charge in [0, 0.05) is 16.2 Å². The van der Waals surface area contributed by atoms with Crippen LogP contribution in [0.3, 0.4) is 0 Å². The van der Waals surface area contributed by atoms with Crippen molar-refractivity contribution in [3.05, 3.63) is 22.3 Å². The number of aromatic nitrogens is 1. The first-order chi connectivity index (χ1) is 7.27. The van der Waals surface area contributed by atoms with Crippen molar-refractivity contribution in [3.63, 3.8) is 0 Å². The zero-order valence-electron chi connectivity index (χ0n) is 7.29. The maximum atomic E-state index is 12.5. The van der Waals surface area contributed by atoms with E-state index in [4.69, 9.17) is 27.5 Å². The Morgan fingerprint density at radius 1 is 1.50 bits per heavy atom. The summed E-state index contributed by atoms with van der Waals surface area (Å²) in [4.78, 5) is 3.26. The zero-order chi connectivity index (χ0) is 12.5. The van der Waals surface area contributed by atoms with Gasteiger partial charge in [0.1, 0.15) is 6.07 Å². The van der Waals surface area contributed by atoms with Crippen LogP contribution in [0.4, 0.5) is 8.78 Å². The van der Waals surface area contributed by atoms with Crippen molar-refractivity contribution in [3.8, 4) is 6.07 Å². The molecular formula is C7H2Cl2F2N2O2S. The third-order valence-corrected chi connectivity index (χ3v) is 3.13. The molecule has 0 saturated carbocycles. The molecule has 0 aliphatic heterocycles. The van der Waals surface area contributed by atoms with E-state index in [1.165, 1.54) is 6.07 Å². The molecule has 0 saturated heterocycles. The second-order valence-corrected chi connectivity index (χ2v) is 5.45. The Kier molecular flexibility index (Phi) is 3.68. The minimum Gasteiger partial charge on any atom is -0.223 e. The SMILES string of the molecule is N#Cc1nc(S(=O)(=O)Cl)cc(C(F)F)c1Cl. The van der Waals surface area contributed by atoms with Crippen LogP contribution in [-0.2, 0) is 9.05 Å². The highest BCUT2D eigenvalue weighted by atomic mass is 35.7. The van der Waals surface area contributed by atoms with E-state index in [0.717, 1.165) is 0 Å². The molecule has 0 amide bonds. The molecule has 4 nitrogen and oxygen atoms in total. The van der Waals surface area contributed by atoms with Crippen LogP contribution in [-0.4, -0.2) is 13.4 Å². The third kappa shape index (κ3) is 2.58. The molecule has 0 aliphatic rings. The van der Waals surface area contributed by atoms with Crippen LogP contribution in [0.25, 0.3) is 0 Å². The van der Waals surface area contributed by atoms with Crippen LogP contribution >= 0.6 is 22.3 Å². The van der Waals surface area contributed by atoms with Gasteiger partial charge in [-0.25, -0.2) is 22.2 Å². The summed E-state index contributed by atoms with van der Waals surface area (Å²) >= 11 is 5.42. The topological polar surface area (TPSA) is 70.8 Å². The molecule has 0 atom stereocenters. The smallest absolute Gasteiger partial charge is 0.223 e. The molecule has 1 aromatic heterocycles. The fourth-order valence-electron chi connectivity index (χ4n) is 0.882. The molecule has 9 heteroatoms. The Labute approximate surface area is 98.8 Å². The number of rotatable bonds is 2. The quantitative estimate of drug-likeness (QED) is 0.783. The minimum atomic E-state index is -4.29. The second kappa shape index (κ2) is 4.49. The number of halogens is 4. The number of hydrogen-bond acceptors (Lipinski definition) is 4. The summed E-state index contributed by atoms with van der Waals surface area (Å²) in [5.41, 5.74) is -1.41. The van der Waals surface area contributed by atoms with Gasteiger partial charge in [0.15, 0.2) is 10.7 Å². The van der Waals surface area contributed by atoms with Crippen molar-refractivity contribution in [2.24, 2.45) is 0 Å². The van der Waals surface area contributed by atoms with Crippen LogP contribution < -0.4 is 0 Å². The predicted molar refractivity (Wildman–Crippen MR) is 52.0 cm³/mol. The molecule has 0 unspecified atom stereocenters. The summed E-state index contributed by atoms with van der Waals surface area (Å²) < 4.78 is 46.7. The molecule has 0 aliphatic carbocycles. The molecule has 1 heterocycles. The molecule has 1 aromatic rings. The number of pyridine rings is 1. The van der Waals surface area contributed by atoms with Crippen LogP contribution in [0.2, 0.25) is 5.02 Å².